The smallest absolute Gasteiger partial charge is 0.246 e. The predicted molar refractivity (Wildman–Crippen MR) is 93.0 cm³/mol. The molecule has 1 aromatic carbocycles. The third-order valence-electron chi connectivity index (χ3n) is 4.74. The first-order valence-corrected chi connectivity index (χ1v) is 10.3. The van der Waals surface area contributed by atoms with Gasteiger partial charge in [-0.2, -0.15) is 0 Å². The van der Waals surface area contributed by atoms with E-state index in [2.05, 4.69) is 17.0 Å². The van der Waals surface area contributed by atoms with Crippen LogP contribution in [0.5, 0.6) is 0 Å². The lowest BCUT2D eigenvalue weighted by Crippen LogP contribution is -2.54. The van der Waals surface area contributed by atoms with Gasteiger partial charge >= 0.3 is 0 Å². The molecule has 1 atom stereocenters. The number of carbonyl (C=O) groups is 2. The minimum Gasteiger partial charge on any atom is -0.338 e. The van der Waals surface area contributed by atoms with E-state index in [-0.39, 0.29) is 18.7 Å². The lowest BCUT2D eigenvalue weighted by Gasteiger charge is -2.37. The molecule has 2 amide bonds. The van der Waals surface area contributed by atoms with Gasteiger partial charge in [-0.15, -0.1) is 0 Å². The number of piperazine rings is 1. The second-order valence-electron chi connectivity index (χ2n) is 6.59. The Labute approximate surface area is 148 Å². The van der Waals surface area contributed by atoms with Gasteiger partial charge < -0.3 is 4.90 Å². The van der Waals surface area contributed by atoms with E-state index in [1.807, 2.05) is 18.2 Å². The van der Waals surface area contributed by atoms with Crippen LogP contribution in [-0.2, 0) is 26.2 Å². The lowest BCUT2D eigenvalue weighted by molar-refractivity contribution is -0.139. The summed E-state index contributed by atoms with van der Waals surface area (Å²) in [7, 11) is -3.71. The van der Waals surface area contributed by atoms with E-state index in [0.717, 1.165) is 30.2 Å². The quantitative estimate of drug-likeness (QED) is 0.766. The Kier molecular flexibility index (Phi) is 5.10. The van der Waals surface area contributed by atoms with Crippen LogP contribution in [0.1, 0.15) is 18.4 Å². The van der Waals surface area contributed by atoms with Gasteiger partial charge in [-0.25, -0.2) is 12.7 Å². The number of amides is 2. The molecule has 2 aliphatic heterocycles. The van der Waals surface area contributed by atoms with Crippen molar-refractivity contribution >= 4 is 21.8 Å². The third-order valence-corrected chi connectivity index (χ3v) is 5.91. The summed E-state index contributed by atoms with van der Waals surface area (Å²) in [5.41, 5.74) is 1.23. The van der Waals surface area contributed by atoms with Crippen molar-refractivity contribution in [1.29, 1.82) is 0 Å². The average Bonchev–Trinajstić information content (AvgIpc) is 2.98. The molecule has 1 aromatic rings. The second-order valence-corrected chi connectivity index (χ2v) is 8.45. The fourth-order valence-electron chi connectivity index (χ4n) is 3.48. The molecule has 0 saturated carbocycles. The Balaban J connectivity index is 1.59. The highest BCUT2D eigenvalue weighted by atomic mass is 32.2. The second kappa shape index (κ2) is 7.13. The Bertz CT molecular complexity index is 742. The molecular formula is C17H23N3O4S. The van der Waals surface area contributed by atoms with Crippen LogP contribution in [0.3, 0.4) is 0 Å². The third kappa shape index (κ3) is 4.01. The van der Waals surface area contributed by atoms with Crippen LogP contribution in [0.15, 0.2) is 30.3 Å². The monoisotopic (exact) mass is 365 g/mol. The molecule has 0 bridgehead atoms. The molecule has 7 nitrogen and oxygen atoms in total. The summed E-state index contributed by atoms with van der Waals surface area (Å²) in [5.74, 6) is -0.737. The molecular weight excluding hydrogens is 342 g/mol. The van der Waals surface area contributed by atoms with Crippen molar-refractivity contribution in [2.75, 3.05) is 32.4 Å². The molecule has 2 fully saturated rings. The standard InChI is InChI=1S/C17H23N3O4S/c1-25(23,24)20-15(7-8-16(20)21)17(22)19-11-9-18(10-12-19)13-14-5-3-2-4-6-14/h2-6,15H,7-13H2,1H3. The Morgan fingerprint density at radius 1 is 1.12 bits per heavy atom. The van der Waals surface area contributed by atoms with Gasteiger partial charge in [-0.3, -0.25) is 14.5 Å². The van der Waals surface area contributed by atoms with Gasteiger partial charge in [-0.05, 0) is 12.0 Å². The Morgan fingerprint density at radius 2 is 1.76 bits per heavy atom. The molecule has 2 aliphatic rings. The zero-order valence-corrected chi connectivity index (χ0v) is 15.1. The van der Waals surface area contributed by atoms with Crippen molar-refractivity contribution in [3.8, 4) is 0 Å². The molecule has 0 aliphatic carbocycles. The number of sulfonamides is 1. The molecule has 2 saturated heterocycles. The highest BCUT2D eigenvalue weighted by molar-refractivity contribution is 7.89. The molecule has 0 aromatic heterocycles. The molecule has 136 valence electrons. The van der Waals surface area contributed by atoms with Crippen LogP contribution in [0.2, 0.25) is 0 Å². The normalized spacial score (nSPS) is 22.4. The summed E-state index contributed by atoms with van der Waals surface area (Å²) in [4.78, 5) is 28.5. The van der Waals surface area contributed by atoms with Crippen LogP contribution >= 0.6 is 0 Å². The van der Waals surface area contributed by atoms with Crippen molar-refractivity contribution in [1.82, 2.24) is 14.1 Å². The minimum absolute atomic E-state index is 0.109. The number of rotatable bonds is 4. The summed E-state index contributed by atoms with van der Waals surface area (Å²) in [6.45, 7) is 3.41. The maximum absolute atomic E-state index is 12.7. The van der Waals surface area contributed by atoms with Crippen LogP contribution in [0.4, 0.5) is 0 Å². The first kappa shape index (κ1) is 17.9. The van der Waals surface area contributed by atoms with E-state index in [9.17, 15) is 18.0 Å². The zero-order valence-electron chi connectivity index (χ0n) is 14.3. The molecule has 0 N–H and O–H groups in total. The average molecular weight is 365 g/mol. The molecule has 1 unspecified atom stereocenters. The van der Waals surface area contributed by atoms with Gasteiger partial charge in [0.05, 0.1) is 6.26 Å². The number of hydrogen-bond acceptors (Lipinski definition) is 5. The summed E-state index contributed by atoms with van der Waals surface area (Å²) in [6, 6.07) is 9.27. The molecule has 0 spiro atoms. The fourth-order valence-corrected chi connectivity index (χ4v) is 4.60. The van der Waals surface area contributed by atoms with E-state index in [1.54, 1.807) is 4.90 Å². The molecule has 3 rings (SSSR count). The van der Waals surface area contributed by atoms with Crippen molar-refractivity contribution in [2.24, 2.45) is 0 Å². The van der Waals surface area contributed by atoms with Crippen LogP contribution in [-0.4, -0.2) is 72.8 Å². The van der Waals surface area contributed by atoms with E-state index >= 15 is 0 Å². The largest absolute Gasteiger partial charge is 0.338 e. The predicted octanol–water partition coefficient (Wildman–Crippen LogP) is 0.281. The van der Waals surface area contributed by atoms with Gasteiger partial charge in [0.2, 0.25) is 21.8 Å². The van der Waals surface area contributed by atoms with Crippen LogP contribution in [0.25, 0.3) is 0 Å². The molecule has 2 heterocycles. The van der Waals surface area contributed by atoms with E-state index in [1.165, 1.54) is 5.56 Å². The highest BCUT2D eigenvalue weighted by Crippen LogP contribution is 2.24. The summed E-state index contributed by atoms with van der Waals surface area (Å²) in [5, 5.41) is 0. The van der Waals surface area contributed by atoms with Gasteiger partial charge in [0.25, 0.3) is 0 Å². The number of carbonyl (C=O) groups excluding carboxylic acids is 2. The van der Waals surface area contributed by atoms with Gasteiger partial charge in [-0.1, -0.05) is 30.3 Å². The summed E-state index contributed by atoms with van der Waals surface area (Å²) < 4.78 is 24.4. The summed E-state index contributed by atoms with van der Waals surface area (Å²) >= 11 is 0. The van der Waals surface area contributed by atoms with Gasteiger partial charge in [0, 0.05) is 39.1 Å². The zero-order chi connectivity index (χ0) is 18.0. The maximum atomic E-state index is 12.7. The molecule has 8 heteroatoms. The Morgan fingerprint density at radius 3 is 2.36 bits per heavy atom. The highest BCUT2D eigenvalue weighted by Gasteiger charge is 2.43. The van der Waals surface area contributed by atoms with E-state index in [0.29, 0.717) is 13.1 Å². The maximum Gasteiger partial charge on any atom is 0.246 e. The fraction of sp³-hybridized carbons (Fsp3) is 0.529. The van der Waals surface area contributed by atoms with Gasteiger partial charge in [0.15, 0.2) is 0 Å². The van der Waals surface area contributed by atoms with Crippen molar-refractivity contribution in [3.63, 3.8) is 0 Å². The number of hydrogen-bond donors (Lipinski definition) is 0. The van der Waals surface area contributed by atoms with Crippen LogP contribution in [0, 0.1) is 0 Å². The molecule has 25 heavy (non-hydrogen) atoms. The van der Waals surface area contributed by atoms with Crippen molar-refractivity contribution < 1.29 is 18.0 Å². The van der Waals surface area contributed by atoms with Crippen molar-refractivity contribution in [2.45, 2.75) is 25.4 Å². The summed E-state index contributed by atoms with van der Waals surface area (Å²) in [6.07, 6.45) is 1.36. The van der Waals surface area contributed by atoms with E-state index < -0.39 is 22.0 Å². The first-order chi connectivity index (χ1) is 11.9. The van der Waals surface area contributed by atoms with Crippen molar-refractivity contribution in [3.05, 3.63) is 35.9 Å². The topological polar surface area (TPSA) is 78.0 Å². The number of nitrogens with zero attached hydrogens (tertiary/aromatic N) is 3. The minimum atomic E-state index is -3.71. The molecule has 0 radical (unpaired) electrons. The lowest BCUT2D eigenvalue weighted by atomic mass is 10.1. The van der Waals surface area contributed by atoms with Gasteiger partial charge in [0.1, 0.15) is 6.04 Å². The SMILES string of the molecule is CS(=O)(=O)N1C(=O)CCC1C(=O)N1CCN(Cc2ccccc2)CC1. The van der Waals surface area contributed by atoms with Crippen LogP contribution < -0.4 is 0 Å². The first-order valence-electron chi connectivity index (χ1n) is 8.43. The number of benzene rings is 1. The van der Waals surface area contributed by atoms with E-state index in [4.69, 9.17) is 0 Å². The Hall–Kier alpha value is -1.93.